The third-order valence-corrected chi connectivity index (χ3v) is 2.72. The summed E-state index contributed by atoms with van der Waals surface area (Å²) >= 11 is 0. The molecule has 7 heteroatoms. The fourth-order valence-corrected chi connectivity index (χ4v) is 1.81. The summed E-state index contributed by atoms with van der Waals surface area (Å²) in [6, 6.07) is 0. The van der Waals surface area contributed by atoms with Gasteiger partial charge in [-0.1, -0.05) is 5.16 Å². The van der Waals surface area contributed by atoms with Crippen LogP contribution in [0, 0.1) is 0 Å². The highest BCUT2D eigenvalue weighted by atomic mass is 16.4. The van der Waals surface area contributed by atoms with Crippen LogP contribution >= 0.6 is 0 Å². The van der Waals surface area contributed by atoms with Crippen LogP contribution in [-0.2, 0) is 6.54 Å². The fraction of sp³-hybridized carbons (Fsp3) is 0.667. The summed E-state index contributed by atoms with van der Waals surface area (Å²) in [4.78, 5) is 6.34. The maximum Gasteiger partial charge on any atom is 0.219 e. The molecular formula is C9H16N6O. The number of nitrogens with two attached hydrogens (primary N) is 1. The van der Waals surface area contributed by atoms with Gasteiger partial charge in [0.15, 0.2) is 0 Å². The van der Waals surface area contributed by atoms with Crippen LogP contribution in [-0.4, -0.2) is 50.3 Å². The van der Waals surface area contributed by atoms with Crippen LogP contribution in [0.25, 0.3) is 0 Å². The zero-order valence-electron chi connectivity index (χ0n) is 9.08. The fourth-order valence-electron chi connectivity index (χ4n) is 1.81. The van der Waals surface area contributed by atoms with E-state index in [0.717, 1.165) is 13.1 Å². The minimum Gasteiger partial charge on any atom is -0.409 e. The van der Waals surface area contributed by atoms with Gasteiger partial charge in [-0.05, 0) is 25.9 Å². The van der Waals surface area contributed by atoms with Crippen LogP contribution in [0.4, 0.5) is 0 Å². The third-order valence-electron chi connectivity index (χ3n) is 2.72. The normalized spacial score (nSPS) is 18.1. The maximum absolute atomic E-state index is 8.47. The van der Waals surface area contributed by atoms with E-state index in [0.29, 0.717) is 0 Å². The van der Waals surface area contributed by atoms with Gasteiger partial charge in [-0.15, -0.1) is 5.10 Å². The molecule has 1 fully saturated rings. The molecule has 1 aliphatic rings. The molecule has 2 heterocycles. The van der Waals surface area contributed by atoms with E-state index < -0.39 is 0 Å². The second-order valence-corrected chi connectivity index (χ2v) is 3.87. The molecular weight excluding hydrogens is 208 g/mol. The molecule has 0 unspecified atom stereocenters. The van der Waals surface area contributed by atoms with E-state index in [1.165, 1.54) is 25.9 Å². The standard InChI is InChI=1S/C9H16N6O/c10-8(13-16)9-11-7-15(12-9)6-5-14-3-1-2-4-14/h7,16H,1-6H2,(H2,10,13). The number of oxime groups is 1. The Kier molecular flexibility index (Phi) is 3.35. The van der Waals surface area contributed by atoms with Crippen molar-refractivity contribution >= 4 is 5.84 Å². The van der Waals surface area contributed by atoms with Crippen LogP contribution in [0.15, 0.2) is 11.5 Å². The van der Waals surface area contributed by atoms with Gasteiger partial charge >= 0.3 is 0 Å². The number of hydrogen-bond donors (Lipinski definition) is 2. The average Bonchev–Trinajstić information content (AvgIpc) is 2.96. The Hall–Kier alpha value is -1.63. The predicted octanol–water partition coefficient (Wildman–Crippen LogP) is -0.532. The van der Waals surface area contributed by atoms with Crippen molar-refractivity contribution in [1.82, 2.24) is 19.7 Å². The van der Waals surface area contributed by atoms with Crippen LogP contribution in [0.3, 0.4) is 0 Å². The summed E-state index contributed by atoms with van der Waals surface area (Å²) in [6.45, 7) is 4.09. The van der Waals surface area contributed by atoms with Gasteiger partial charge in [-0.25, -0.2) is 4.98 Å². The molecule has 0 spiro atoms. The van der Waals surface area contributed by atoms with E-state index in [2.05, 4.69) is 20.1 Å². The molecule has 2 rings (SSSR count). The van der Waals surface area contributed by atoms with E-state index in [4.69, 9.17) is 10.9 Å². The first kappa shape index (κ1) is 10.9. The number of amidine groups is 1. The molecule has 16 heavy (non-hydrogen) atoms. The van der Waals surface area contributed by atoms with Gasteiger partial charge < -0.3 is 15.8 Å². The van der Waals surface area contributed by atoms with E-state index in [9.17, 15) is 0 Å². The van der Waals surface area contributed by atoms with Crippen molar-refractivity contribution < 1.29 is 5.21 Å². The van der Waals surface area contributed by atoms with E-state index >= 15 is 0 Å². The van der Waals surface area contributed by atoms with Crippen LogP contribution < -0.4 is 5.73 Å². The van der Waals surface area contributed by atoms with Gasteiger partial charge in [0, 0.05) is 6.54 Å². The maximum atomic E-state index is 8.47. The lowest BCUT2D eigenvalue weighted by Crippen LogP contribution is -2.24. The monoisotopic (exact) mass is 224 g/mol. The van der Waals surface area contributed by atoms with Crippen molar-refractivity contribution in [3.05, 3.63) is 12.2 Å². The first-order valence-corrected chi connectivity index (χ1v) is 5.39. The zero-order valence-corrected chi connectivity index (χ0v) is 9.08. The van der Waals surface area contributed by atoms with Crippen molar-refractivity contribution in [2.45, 2.75) is 19.4 Å². The molecule has 0 amide bonds. The molecule has 0 saturated carbocycles. The summed E-state index contributed by atoms with van der Waals surface area (Å²) in [5, 5.41) is 15.4. The van der Waals surface area contributed by atoms with Crippen molar-refractivity contribution in [3.8, 4) is 0 Å². The summed E-state index contributed by atoms with van der Waals surface area (Å²) in [5.74, 6) is 0.212. The molecule has 1 aromatic heterocycles. The Balaban J connectivity index is 1.87. The summed E-state index contributed by atoms with van der Waals surface area (Å²) in [5.41, 5.74) is 5.38. The summed E-state index contributed by atoms with van der Waals surface area (Å²) < 4.78 is 1.71. The number of likely N-dealkylation sites (tertiary alicyclic amines) is 1. The molecule has 1 aliphatic heterocycles. The lowest BCUT2D eigenvalue weighted by atomic mass is 10.4. The summed E-state index contributed by atoms with van der Waals surface area (Å²) in [6.07, 6.45) is 4.17. The molecule has 1 aromatic rings. The highest BCUT2D eigenvalue weighted by Crippen LogP contribution is 2.06. The summed E-state index contributed by atoms with van der Waals surface area (Å²) in [7, 11) is 0. The third kappa shape index (κ3) is 2.48. The Labute approximate surface area is 93.6 Å². The van der Waals surface area contributed by atoms with Gasteiger partial charge in [0.1, 0.15) is 6.33 Å². The largest absolute Gasteiger partial charge is 0.409 e. The number of hydrogen-bond acceptors (Lipinski definition) is 5. The minimum atomic E-state index is -0.0556. The molecule has 0 bridgehead atoms. The van der Waals surface area contributed by atoms with Crippen molar-refractivity contribution in [3.63, 3.8) is 0 Å². The van der Waals surface area contributed by atoms with Crippen molar-refractivity contribution in [2.24, 2.45) is 10.9 Å². The van der Waals surface area contributed by atoms with E-state index in [1.807, 2.05) is 0 Å². The van der Waals surface area contributed by atoms with Crippen LogP contribution in [0.2, 0.25) is 0 Å². The second kappa shape index (κ2) is 4.93. The molecule has 7 nitrogen and oxygen atoms in total. The van der Waals surface area contributed by atoms with Gasteiger partial charge in [-0.2, -0.15) is 0 Å². The molecule has 0 atom stereocenters. The van der Waals surface area contributed by atoms with Crippen molar-refractivity contribution in [1.29, 1.82) is 0 Å². The molecule has 0 aromatic carbocycles. The molecule has 1 saturated heterocycles. The molecule has 88 valence electrons. The molecule has 0 radical (unpaired) electrons. The SMILES string of the molecule is NC(=NO)c1ncn(CCN2CCCC2)n1. The van der Waals surface area contributed by atoms with Gasteiger partial charge in [0.05, 0.1) is 6.54 Å². The van der Waals surface area contributed by atoms with Crippen LogP contribution in [0.1, 0.15) is 18.7 Å². The van der Waals surface area contributed by atoms with Gasteiger partial charge in [-0.3, -0.25) is 4.68 Å². The van der Waals surface area contributed by atoms with Gasteiger partial charge in [0.2, 0.25) is 11.7 Å². The lowest BCUT2D eigenvalue weighted by Gasteiger charge is -2.13. The second-order valence-electron chi connectivity index (χ2n) is 3.87. The topological polar surface area (TPSA) is 92.6 Å². The Morgan fingerprint density at radius 3 is 2.88 bits per heavy atom. The first-order chi connectivity index (χ1) is 7.79. The zero-order chi connectivity index (χ0) is 11.4. The molecule has 3 N–H and O–H groups in total. The average molecular weight is 224 g/mol. The Morgan fingerprint density at radius 1 is 1.44 bits per heavy atom. The predicted molar refractivity (Wildman–Crippen MR) is 58.2 cm³/mol. The first-order valence-electron chi connectivity index (χ1n) is 5.39. The number of rotatable bonds is 4. The number of aromatic nitrogens is 3. The van der Waals surface area contributed by atoms with Crippen LogP contribution in [0.5, 0.6) is 0 Å². The number of nitrogens with zero attached hydrogens (tertiary/aromatic N) is 5. The minimum absolute atomic E-state index is 0.0556. The van der Waals surface area contributed by atoms with E-state index in [-0.39, 0.29) is 11.7 Å². The van der Waals surface area contributed by atoms with Gasteiger partial charge in [0.25, 0.3) is 0 Å². The quantitative estimate of drug-likeness (QED) is 0.310. The Morgan fingerprint density at radius 2 is 2.19 bits per heavy atom. The Bertz CT molecular complexity index is 368. The smallest absolute Gasteiger partial charge is 0.219 e. The van der Waals surface area contributed by atoms with Crippen molar-refractivity contribution in [2.75, 3.05) is 19.6 Å². The molecule has 0 aliphatic carbocycles. The lowest BCUT2D eigenvalue weighted by molar-refractivity contribution is 0.314. The highest BCUT2D eigenvalue weighted by Gasteiger charge is 2.11. The van der Waals surface area contributed by atoms with E-state index in [1.54, 1.807) is 11.0 Å². The highest BCUT2D eigenvalue weighted by molar-refractivity contribution is 5.93.